The second-order valence-electron chi connectivity index (χ2n) is 8.62. The highest BCUT2D eigenvalue weighted by molar-refractivity contribution is 6.01. The summed E-state index contributed by atoms with van der Waals surface area (Å²) in [6, 6.07) is 3.79. The largest absolute Gasteiger partial charge is 0.317 e. The Morgan fingerprint density at radius 1 is 1.30 bits per heavy atom. The van der Waals surface area contributed by atoms with Gasteiger partial charge in [-0.15, -0.1) is 12.4 Å². The van der Waals surface area contributed by atoms with Crippen molar-refractivity contribution in [2.45, 2.75) is 51.5 Å². The third-order valence-electron chi connectivity index (χ3n) is 6.34. The van der Waals surface area contributed by atoms with E-state index in [0.717, 1.165) is 41.7 Å². The van der Waals surface area contributed by atoms with Crippen molar-refractivity contribution in [2.24, 2.45) is 5.92 Å². The average molecular weight is 441 g/mol. The van der Waals surface area contributed by atoms with Crippen LogP contribution in [0.25, 0.3) is 10.9 Å². The van der Waals surface area contributed by atoms with E-state index in [-0.39, 0.29) is 31.2 Å². The number of Topliss-reactive ketones (excluding diaryl/α,β-unsaturated/α-hetero) is 1. The van der Waals surface area contributed by atoms with Gasteiger partial charge in [-0.05, 0) is 69.4 Å². The lowest BCUT2D eigenvalue weighted by Crippen LogP contribution is -2.29. The van der Waals surface area contributed by atoms with Gasteiger partial charge in [-0.3, -0.25) is 14.4 Å². The lowest BCUT2D eigenvalue weighted by molar-refractivity contribution is 0.0122. The van der Waals surface area contributed by atoms with Crippen LogP contribution in [0.5, 0.6) is 0 Å². The molecule has 3 heterocycles. The molecule has 0 radical (unpaired) electrons. The van der Waals surface area contributed by atoms with E-state index >= 15 is 0 Å². The first-order valence-electron chi connectivity index (χ1n) is 10.7. The Labute approximate surface area is 182 Å². The van der Waals surface area contributed by atoms with E-state index < -0.39 is 5.92 Å². The molecule has 2 saturated heterocycles. The van der Waals surface area contributed by atoms with Crippen LogP contribution in [0.1, 0.15) is 48.0 Å². The first kappa shape index (κ1) is 23.1. The van der Waals surface area contributed by atoms with Crippen molar-refractivity contribution < 1.29 is 13.6 Å². The fourth-order valence-electron chi connectivity index (χ4n) is 4.60. The number of fused-ring (bicyclic) bond motifs is 1. The van der Waals surface area contributed by atoms with Crippen molar-refractivity contribution >= 4 is 29.1 Å². The summed E-state index contributed by atoms with van der Waals surface area (Å²) in [6.45, 7) is 5.82. The molecule has 2 aliphatic heterocycles. The number of piperidine rings is 1. The van der Waals surface area contributed by atoms with Crippen LogP contribution in [0.4, 0.5) is 8.78 Å². The number of ketones is 1. The SMILES string of the molecule is Cc1c(C(=O)CCCN2CCC(F)(F)C2)ccc2nn(CC3CCNCC3)cc12.Cl. The van der Waals surface area contributed by atoms with Crippen molar-refractivity contribution in [1.29, 1.82) is 0 Å². The number of carbonyl (C=O) groups is 1. The molecule has 0 saturated carbocycles. The highest BCUT2D eigenvalue weighted by atomic mass is 35.5. The number of nitrogens with zero attached hydrogens (tertiary/aromatic N) is 3. The number of aromatic nitrogens is 2. The first-order valence-corrected chi connectivity index (χ1v) is 10.7. The Morgan fingerprint density at radius 2 is 2.07 bits per heavy atom. The zero-order chi connectivity index (χ0) is 20.4. The Kier molecular flexibility index (Phi) is 7.47. The fourth-order valence-corrected chi connectivity index (χ4v) is 4.60. The summed E-state index contributed by atoms with van der Waals surface area (Å²) in [4.78, 5) is 14.5. The van der Waals surface area contributed by atoms with Gasteiger partial charge in [0.2, 0.25) is 0 Å². The molecule has 5 nitrogen and oxygen atoms in total. The summed E-state index contributed by atoms with van der Waals surface area (Å²) < 4.78 is 28.6. The predicted molar refractivity (Wildman–Crippen MR) is 117 cm³/mol. The quantitative estimate of drug-likeness (QED) is 0.659. The molecular weight excluding hydrogens is 410 g/mol. The van der Waals surface area contributed by atoms with Gasteiger partial charge in [0.05, 0.1) is 12.1 Å². The van der Waals surface area contributed by atoms with Crippen LogP contribution in [0.2, 0.25) is 0 Å². The molecule has 1 aromatic heterocycles. The molecule has 2 fully saturated rings. The van der Waals surface area contributed by atoms with Crippen LogP contribution in [0, 0.1) is 12.8 Å². The number of nitrogens with one attached hydrogen (secondary N) is 1. The molecule has 1 N–H and O–H groups in total. The number of carbonyl (C=O) groups excluding carboxylic acids is 1. The van der Waals surface area contributed by atoms with E-state index in [1.807, 2.05) is 23.7 Å². The van der Waals surface area contributed by atoms with Gasteiger partial charge in [-0.25, -0.2) is 8.78 Å². The molecule has 4 rings (SSSR count). The van der Waals surface area contributed by atoms with Crippen LogP contribution in [-0.2, 0) is 6.54 Å². The van der Waals surface area contributed by atoms with Gasteiger partial charge in [0.1, 0.15) is 0 Å². The van der Waals surface area contributed by atoms with E-state index in [1.165, 1.54) is 12.8 Å². The normalized spacial score (nSPS) is 19.8. The third kappa shape index (κ3) is 5.37. The number of benzene rings is 1. The maximum Gasteiger partial charge on any atom is 0.261 e. The summed E-state index contributed by atoms with van der Waals surface area (Å²) in [5.74, 6) is -1.84. The second kappa shape index (κ2) is 9.71. The molecule has 0 amide bonds. The molecule has 2 aromatic rings. The van der Waals surface area contributed by atoms with Gasteiger partial charge in [0, 0.05) is 43.1 Å². The number of aryl methyl sites for hydroxylation is 1. The van der Waals surface area contributed by atoms with Gasteiger partial charge < -0.3 is 5.32 Å². The second-order valence-corrected chi connectivity index (χ2v) is 8.62. The number of hydrogen-bond donors (Lipinski definition) is 1. The monoisotopic (exact) mass is 440 g/mol. The minimum Gasteiger partial charge on any atom is -0.317 e. The van der Waals surface area contributed by atoms with E-state index in [4.69, 9.17) is 5.10 Å². The fraction of sp³-hybridized carbons (Fsp3) is 0.636. The Hall–Kier alpha value is -1.57. The molecule has 0 unspecified atom stereocenters. The first-order chi connectivity index (χ1) is 13.9. The summed E-state index contributed by atoms with van der Waals surface area (Å²) >= 11 is 0. The van der Waals surface area contributed by atoms with Crippen molar-refractivity contribution in [3.05, 3.63) is 29.5 Å². The van der Waals surface area contributed by atoms with Crippen molar-refractivity contribution in [3.8, 4) is 0 Å². The van der Waals surface area contributed by atoms with Crippen LogP contribution >= 0.6 is 12.4 Å². The molecule has 0 spiro atoms. The summed E-state index contributed by atoms with van der Waals surface area (Å²) in [7, 11) is 0. The minimum absolute atomic E-state index is 0. The van der Waals surface area contributed by atoms with Crippen LogP contribution in [-0.4, -0.2) is 59.1 Å². The van der Waals surface area contributed by atoms with Gasteiger partial charge in [0.25, 0.3) is 5.92 Å². The highest BCUT2D eigenvalue weighted by Gasteiger charge is 2.37. The van der Waals surface area contributed by atoms with E-state index in [0.29, 0.717) is 31.8 Å². The van der Waals surface area contributed by atoms with Gasteiger partial charge in [-0.1, -0.05) is 0 Å². The molecule has 8 heteroatoms. The van der Waals surface area contributed by atoms with E-state index in [1.54, 1.807) is 4.90 Å². The van der Waals surface area contributed by atoms with Gasteiger partial charge in [-0.2, -0.15) is 5.10 Å². The highest BCUT2D eigenvalue weighted by Crippen LogP contribution is 2.27. The molecule has 30 heavy (non-hydrogen) atoms. The molecule has 0 aliphatic carbocycles. The number of halogens is 3. The van der Waals surface area contributed by atoms with Gasteiger partial charge >= 0.3 is 0 Å². The molecule has 0 bridgehead atoms. The van der Waals surface area contributed by atoms with Crippen molar-refractivity contribution in [3.63, 3.8) is 0 Å². The molecule has 1 aromatic carbocycles. The van der Waals surface area contributed by atoms with Gasteiger partial charge in [0.15, 0.2) is 5.78 Å². The minimum atomic E-state index is -2.57. The van der Waals surface area contributed by atoms with E-state index in [2.05, 4.69) is 11.5 Å². The topological polar surface area (TPSA) is 50.2 Å². The maximum absolute atomic E-state index is 13.3. The number of rotatable bonds is 7. The Balaban J connectivity index is 0.00000256. The Morgan fingerprint density at radius 3 is 2.77 bits per heavy atom. The summed E-state index contributed by atoms with van der Waals surface area (Å²) in [6.07, 6.45) is 5.33. The van der Waals surface area contributed by atoms with Crippen molar-refractivity contribution in [2.75, 3.05) is 32.7 Å². The Bertz CT molecular complexity index is 879. The third-order valence-corrected chi connectivity index (χ3v) is 6.34. The summed E-state index contributed by atoms with van der Waals surface area (Å²) in [5.41, 5.74) is 2.62. The van der Waals surface area contributed by atoms with Crippen LogP contribution in [0.3, 0.4) is 0 Å². The average Bonchev–Trinajstić information content (AvgIpc) is 3.25. The van der Waals surface area contributed by atoms with Crippen molar-refractivity contribution in [1.82, 2.24) is 20.0 Å². The lowest BCUT2D eigenvalue weighted by atomic mass is 9.98. The zero-order valence-corrected chi connectivity index (χ0v) is 18.3. The lowest BCUT2D eigenvalue weighted by Gasteiger charge is -2.22. The predicted octanol–water partition coefficient (Wildman–Crippen LogP) is 4.07. The molecule has 2 aliphatic rings. The smallest absolute Gasteiger partial charge is 0.261 e. The van der Waals surface area contributed by atoms with Crippen LogP contribution in [0.15, 0.2) is 18.3 Å². The molecule has 166 valence electrons. The zero-order valence-electron chi connectivity index (χ0n) is 17.5. The number of hydrogen-bond acceptors (Lipinski definition) is 4. The molecule has 0 atom stereocenters. The summed E-state index contributed by atoms with van der Waals surface area (Å²) in [5, 5.41) is 9.12. The van der Waals surface area contributed by atoms with Crippen LogP contribution < -0.4 is 5.32 Å². The number of likely N-dealkylation sites (tertiary alicyclic amines) is 1. The maximum atomic E-state index is 13.3. The van der Waals surface area contributed by atoms with E-state index in [9.17, 15) is 13.6 Å². The molecular formula is C22H31ClF2N4O. The standard InChI is InChI=1S/C22H30F2N4O.ClH/c1-16-18(21(29)3-2-11-27-12-8-22(23,24)15-27)4-5-20-19(16)14-28(26-20)13-17-6-9-25-10-7-17;/h4-5,14,17,25H,2-3,6-13,15H2,1H3;1H. The number of alkyl halides is 2.